The number of Topliss-reactive ketones (excluding diaryl/α,β-unsaturated/α-hetero) is 1. The SMILES string of the molecule is CC12CC=C3C=C4CCC(=O)CC4CC[C@]3(O)C1CC=C2c1ccc2ccncc2c1. The third-order valence-electron chi connectivity index (χ3n) is 8.62. The van der Waals surface area contributed by atoms with Crippen LogP contribution in [0.1, 0.15) is 57.4 Å². The first-order valence-electron chi connectivity index (χ1n) is 11.7. The topological polar surface area (TPSA) is 50.2 Å². The van der Waals surface area contributed by atoms with Crippen LogP contribution in [-0.4, -0.2) is 21.5 Å². The molecule has 31 heavy (non-hydrogen) atoms. The number of aliphatic hydroxyl groups is 1. The van der Waals surface area contributed by atoms with Gasteiger partial charge in [0.2, 0.25) is 0 Å². The number of nitrogens with zero attached hydrogens (tertiary/aromatic N) is 1. The molecule has 158 valence electrons. The molecule has 1 fully saturated rings. The number of rotatable bonds is 1. The summed E-state index contributed by atoms with van der Waals surface area (Å²) in [7, 11) is 0. The van der Waals surface area contributed by atoms with Crippen molar-refractivity contribution in [1.29, 1.82) is 0 Å². The molecule has 0 amide bonds. The number of aromatic nitrogens is 1. The summed E-state index contributed by atoms with van der Waals surface area (Å²) in [5.41, 5.74) is 4.21. The van der Waals surface area contributed by atoms with E-state index in [0.29, 0.717) is 24.5 Å². The first-order chi connectivity index (χ1) is 15.0. The number of carbonyl (C=O) groups is 1. The molecule has 1 saturated carbocycles. The van der Waals surface area contributed by atoms with Crippen molar-refractivity contribution in [1.82, 2.24) is 4.98 Å². The molecule has 3 heteroatoms. The zero-order valence-electron chi connectivity index (χ0n) is 18.1. The van der Waals surface area contributed by atoms with E-state index in [1.165, 1.54) is 22.1 Å². The Morgan fingerprint density at radius 3 is 2.94 bits per heavy atom. The predicted octanol–water partition coefficient (Wildman–Crippen LogP) is 5.80. The smallest absolute Gasteiger partial charge is 0.133 e. The summed E-state index contributed by atoms with van der Waals surface area (Å²) in [4.78, 5) is 16.3. The van der Waals surface area contributed by atoms with Gasteiger partial charge in [-0.25, -0.2) is 0 Å². The second kappa shape index (κ2) is 6.74. The van der Waals surface area contributed by atoms with Crippen LogP contribution in [-0.2, 0) is 4.79 Å². The Kier molecular flexibility index (Phi) is 4.17. The zero-order chi connectivity index (χ0) is 21.2. The quantitative estimate of drug-likeness (QED) is 0.646. The van der Waals surface area contributed by atoms with Gasteiger partial charge in [0.25, 0.3) is 0 Å². The lowest BCUT2D eigenvalue weighted by atomic mass is 9.58. The van der Waals surface area contributed by atoms with E-state index < -0.39 is 5.60 Å². The van der Waals surface area contributed by atoms with E-state index in [2.05, 4.69) is 48.3 Å². The Bertz CT molecular complexity index is 1190. The highest BCUT2D eigenvalue weighted by Crippen LogP contribution is 2.61. The summed E-state index contributed by atoms with van der Waals surface area (Å²) in [6.45, 7) is 2.34. The van der Waals surface area contributed by atoms with Crippen LogP contribution in [0, 0.1) is 17.3 Å². The molecule has 0 saturated heterocycles. The van der Waals surface area contributed by atoms with Gasteiger partial charge in [0.1, 0.15) is 5.78 Å². The van der Waals surface area contributed by atoms with E-state index in [9.17, 15) is 9.90 Å². The molecule has 1 heterocycles. The average Bonchev–Trinajstić information content (AvgIpc) is 3.06. The number of pyridine rings is 1. The molecule has 1 aromatic heterocycles. The third kappa shape index (κ3) is 2.82. The van der Waals surface area contributed by atoms with E-state index in [1.54, 1.807) is 0 Å². The summed E-state index contributed by atoms with van der Waals surface area (Å²) in [6.07, 6.45) is 16.4. The van der Waals surface area contributed by atoms with Gasteiger partial charge in [0, 0.05) is 42.0 Å². The molecule has 0 spiro atoms. The van der Waals surface area contributed by atoms with Crippen molar-refractivity contribution in [3.8, 4) is 0 Å². The van der Waals surface area contributed by atoms with Crippen LogP contribution in [0.15, 0.2) is 66.0 Å². The molecule has 3 nitrogen and oxygen atoms in total. The van der Waals surface area contributed by atoms with Crippen molar-refractivity contribution in [2.75, 3.05) is 0 Å². The van der Waals surface area contributed by atoms with Crippen LogP contribution in [0.3, 0.4) is 0 Å². The molecule has 6 rings (SSSR count). The summed E-state index contributed by atoms with van der Waals surface area (Å²) in [5, 5.41) is 14.5. The van der Waals surface area contributed by atoms with Crippen molar-refractivity contribution >= 4 is 22.1 Å². The molecule has 0 bridgehead atoms. The Labute approximate surface area is 183 Å². The van der Waals surface area contributed by atoms with E-state index in [0.717, 1.165) is 43.1 Å². The van der Waals surface area contributed by atoms with Gasteiger partial charge in [-0.2, -0.15) is 0 Å². The number of ketones is 1. The normalized spacial score (nSPS) is 34.8. The number of hydrogen-bond donors (Lipinski definition) is 1. The van der Waals surface area contributed by atoms with Gasteiger partial charge < -0.3 is 5.11 Å². The fraction of sp³-hybridized carbons (Fsp3) is 0.429. The van der Waals surface area contributed by atoms with E-state index in [4.69, 9.17) is 0 Å². The van der Waals surface area contributed by atoms with E-state index >= 15 is 0 Å². The van der Waals surface area contributed by atoms with Gasteiger partial charge in [-0.3, -0.25) is 9.78 Å². The Morgan fingerprint density at radius 2 is 2.03 bits per heavy atom. The van der Waals surface area contributed by atoms with Crippen molar-refractivity contribution in [2.45, 2.75) is 57.5 Å². The molecular formula is C28H29NO2. The summed E-state index contributed by atoms with van der Waals surface area (Å²) in [5.74, 6) is 0.880. The number of carbonyl (C=O) groups excluding carboxylic acids is 1. The molecule has 1 N–H and O–H groups in total. The highest BCUT2D eigenvalue weighted by atomic mass is 16.3. The minimum absolute atomic E-state index is 0.0853. The van der Waals surface area contributed by atoms with Gasteiger partial charge in [-0.15, -0.1) is 0 Å². The molecule has 0 radical (unpaired) electrons. The molecule has 4 aliphatic rings. The molecule has 4 atom stereocenters. The van der Waals surface area contributed by atoms with E-state index in [1.807, 2.05) is 18.5 Å². The standard InChI is InChI=1S/C28H29NO2/c1-27-11-9-23-15-19-4-5-24(30)16-20(19)8-12-28(23,31)26(27)7-6-25(27)21-3-2-18-10-13-29-17-22(18)14-21/h2-3,6,9-10,13-15,17,20,26,31H,4-5,7-8,11-12,16H2,1H3/t20?,26?,27?,28-/m1/s1. The maximum Gasteiger partial charge on any atom is 0.133 e. The fourth-order valence-corrected chi connectivity index (χ4v) is 6.86. The largest absolute Gasteiger partial charge is 0.385 e. The van der Waals surface area contributed by atoms with Crippen LogP contribution < -0.4 is 0 Å². The highest BCUT2D eigenvalue weighted by Gasteiger charge is 2.55. The van der Waals surface area contributed by atoms with Crippen molar-refractivity contribution in [3.05, 3.63) is 71.6 Å². The third-order valence-corrected chi connectivity index (χ3v) is 8.62. The van der Waals surface area contributed by atoms with Crippen molar-refractivity contribution < 1.29 is 9.90 Å². The Morgan fingerprint density at radius 1 is 1.13 bits per heavy atom. The number of allylic oxidation sites excluding steroid dienone is 4. The minimum atomic E-state index is -0.808. The summed E-state index contributed by atoms with van der Waals surface area (Å²) >= 11 is 0. The maximum atomic E-state index is 12.1. The lowest BCUT2D eigenvalue weighted by molar-refractivity contribution is -0.120. The Hall–Kier alpha value is -2.52. The maximum absolute atomic E-state index is 12.1. The fourth-order valence-electron chi connectivity index (χ4n) is 6.86. The first kappa shape index (κ1) is 19.2. The molecule has 3 unspecified atom stereocenters. The predicted molar refractivity (Wildman–Crippen MR) is 123 cm³/mol. The monoisotopic (exact) mass is 411 g/mol. The first-order valence-corrected chi connectivity index (χ1v) is 11.7. The average molecular weight is 412 g/mol. The van der Waals surface area contributed by atoms with Gasteiger partial charge in [-0.1, -0.05) is 42.9 Å². The van der Waals surface area contributed by atoms with Gasteiger partial charge in [-0.05, 0) is 72.3 Å². The lowest BCUT2D eigenvalue weighted by Gasteiger charge is -2.48. The summed E-state index contributed by atoms with van der Waals surface area (Å²) < 4.78 is 0. The summed E-state index contributed by atoms with van der Waals surface area (Å²) in [6, 6.07) is 8.70. The number of hydrogen-bond acceptors (Lipinski definition) is 3. The van der Waals surface area contributed by atoms with Crippen LogP contribution in [0.5, 0.6) is 0 Å². The highest BCUT2D eigenvalue weighted by molar-refractivity contribution is 5.87. The molecular weight excluding hydrogens is 382 g/mol. The molecule has 2 aromatic rings. The Balaban J connectivity index is 1.38. The second-order valence-corrected chi connectivity index (χ2v) is 10.2. The van der Waals surface area contributed by atoms with Gasteiger partial charge in [0.05, 0.1) is 5.60 Å². The number of fused-ring (bicyclic) bond motifs is 5. The minimum Gasteiger partial charge on any atom is -0.385 e. The van der Waals surface area contributed by atoms with Crippen molar-refractivity contribution in [2.24, 2.45) is 17.3 Å². The van der Waals surface area contributed by atoms with Gasteiger partial charge in [0.15, 0.2) is 0 Å². The molecule has 0 aliphatic heterocycles. The van der Waals surface area contributed by atoms with Crippen LogP contribution in [0.4, 0.5) is 0 Å². The second-order valence-electron chi connectivity index (χ2n) is 10.2. The van der Waals surface area contributed by atoms with Crippen LogP contribution >= 0.6 is 0 Å². The van der Waals surface area contributed by atoms with Crippen LogP contribution in [0.25, 0.3) is 16.3 Å². The zero-order valence-corrected chi connectivity index (χ0v) is 18.1. The van der Waals surface area contributed by atoms with Crippen LogP contribution in [0.2, 0.25) is 0 Å². The van der Waals surface area contributed by atoms with E-state index in [-0.39, 0.29) is 11.3 Å². The van der Waals surface area contributed by atoms with Gasteiger partial charge >= 0.3 is 0 Å². The van der Waals surface area contributed by atoms with Crippen molar-refractivity contribution in [3.63, 3.8) is 0 Å². The molecule has 4 aliphatic carbocycles. The molecule has 1 aromatic carbocycles. The lowest BCUT2D eigenvalue weighted by Crippen LogP contribution is -2.48. The number of benzene rings is 1.